The van der Waals surface area contributed by atoms with Gasteiger partial charge in [0.25, 0.3) is 0 Å². The fraction of sp³-hybridized carbons (Fsp3) is 0.571. The summed E-state index contributed by atoms with van der Waals surface area (Å²) in [6, 6.07) is 7.24. The van der Waals surface area contributed by atoms with Crippen molar-refractivity contribution >= 4 is 31.9 Å². The van der Waals surface area contributed by atoms with Crippen molar-refractivity contribution in [2.45, 2.75) is 32.4 Å². The maximum Gasteiger partial charge on any atom is 0.0506 e. The summed E-state index contributed by atoms with van der Waals surface area (Å²) < 4.78 is 7.73. The molecule has 2 rings (SSSR count). The van der Waals surface area contributed by atoms with E-state index >= 15 is 0 Å². The fourth-order valence-corrected chi connectivity index (χ4v) is 3.78. The van der Waals surface area contributed by atoms with Gasteiger partial charge in [-0.1, -0.05) is 44.8 Å². The zero-order valence-corrected chi connectivity index (χ0v) is 13.9. The highest BCUT2D eigenvalue weighted by molar-refractivity contribution is 9.11. The molecule has 3 unspecified atom stereocenters. The summed E-state index contributed by atoms with van der Waals surface area (Å²) >= 11 is 7.12. The van der Waals surface area contributed by atoms with E-state index in [0.717, 1.165) is 28.6 Å². The predicted molar refractivity (Wildman–Crippen MR) is 81.8 cm³/mol. The van der Waals surface area contributed by atoms with Crippen LogP contribution in [0.15, 0.2) is 27.1 Å². The Bertz CT molecular complexity index is 411. The lowest BCUT2D eigenvalue weighted by Crippen LogP contribution is -2.42. The van der Waals surface area contributed by atoms with Gasteiger partial charge in [0.15, 0.2) is 0 Å². The molecule has 18 heavy (non-hydrogen) atoms. The average Bonchev–Trinajstić information content (AvgIpc) is 2.32. The van der Waals surface area contributed by atoms with Crippen molar-refractivity contribution in [3.05, 3.63) is 32.7 Å². The first-order chi connectivity index (χ1) is 8.58. The third kappa shape index (κ3) is 3.56. The van der Waals surface area contributed by atoms with Gasteiger partial charge < -0.3 is 10.1 Å². The van der Waals surface area contributed by atoms with Crippen LogP contribution in [0.4, 0.5) is 0 Å². The molecule has 0 spiro atoms. The van der Waals surface area contributed by atoms with Crippen LogP contribution in [0.5, 0.6) is 0 Å². The molecule has 3 atom stereocenters. The molecule has 0 aliphatic carbocycles. The molecule has 1 aromatic carbocycles. The van der Waals surface area contributed by atoms with Crippen LogP contribution >= 0.6 is 31.9 Å². The molecule has 100 valence electrons. The Labute approximate surface area is 126 Å². The molecule has 0 bridgehead atoms. The largest absolute Gasteiger partial charge is 0.381 e. The topological polar surface area (TPSA) is 21.3 Å². The zero-order valence-electron chi connectivity index (χ0n) is 10.7. The fourth-order valence-electron chi connectivity index (χ4n) is 2.39. The van der Waals surface area contributed by atoms with Crippen LogP contribution in [0.1, 0.15) is 31.9 Å². The first-order valence-electron chi connectivity index (χ1n) is 6.36. The molecule has 1 N–H and O–H groups in total. The Morgan fingerprint density at radius 2 is 2.17 bits per heavy atom. The molecule has 4 heteroatoms. The molecular weight excluding hydrogens is 358 g/mol. The molecule has 1 fully saturated rings. The number of hydrogen-bond donors (Lipinski definition) is 1. The number of ether oxygens (including phenoxy) is 1. The molecule has 2 nitrogen and oxygen atoms in total. The van der Waals surface area contributed by atoms with E-state index in [1.54, 1.807) is 0 Å². The van der Waals surface area contributed by atoms with Crippen molar-refractivity contribution in [1.82, 2.24) is 5.32 Å². The minimum absolute atomic E-state index is 0.345. The summed E-state index contributed by atoms with van der Waals surface area (Å²) in [6.07, 6.45) is 1.10. The average molecular weight is 377 g/mol. The van der Waals surface area contributed by atoms with Gasteiger partial charge in [0.2, 0.25) is 0 Å². The van der Waals surface area contributed by atoms with Crippen molar-refractivity contribution < 1.29 is 4.74 Å². The molecule has 1 aromatic rings. The van der Waals surface area contributed by atoms with Crippen LogP contribution in [0, 0.1) is 5.92 Å². The molecule has 1 aliphatic rings. The standard InChI is InChI=1S/C14H19Br2NO/c1-9-8-18-6-5-14(9)17-10(2)12-4-3-11(15)7-13(12)16/h3-4,7,9-10,14,17H,5-6,8H2,1-2H3. The molecule has 0 amide bonds. The SMILES string of the molecule is CC(NC1CCOCC1C)c1ccc(Br)cc1Br. The lowest BCUT2D eigenvalue weighted by molar-refractivity contribution is 0.0363. The molecule has 1 aliphatic heterocycles. The highest BCUT2D eigenvalue weighted by Crippen LogP contribution is 2.28. The van der Waals surface area contributed by atoms with Gasteiger partial charge in [-0.05, 0) is 37.0 Å². The molecule has 0 aromatic heterocycles. The number of halogens is 2. The summed E-state index contributed by atoms with van der Waals surface area (Å²) in [6.45, 7) is 6.21. The molecule has 1 heterocycles. The molecule has 0 saturated carbocycles. The number of benzene rings is 1. The molecule has 0 radical (unpaired) electrons. The lowest BCUT2D eigenvalue weighted by Gasteiger charge is -2.32. The lowest BCUT2D eigenvalue weighted by atomic mass is 9.96. The van der Waals surface area contributed by atoms with Crippen LogP contribution in [-0.2, 0) is 4.74 Å². The summed E-state index contributed by atoms with van der Waals surface area (Å²) in [5.74, 6) is 0.579. The summed E-state index contributed by atoms with van der Waals surface area (Å²) in [4.78, 5) is 0. The maximum absolute atomic E-state index is 5.48. The van der Waals surface area contributed by atoms with E-state index in [1.165, 1.54) is 5.56 Å². The van der Waals surface area contributed by atoms with E-state index in [2.05, 4.69) is 69.2 Å². The van der Waals surface area contributed by atoms with Gasteiger partial charge in [-0.25, -0.2) is 0 Å². The minimum Gasteiger partial charge on any atom is -0.381 e. The Balaban J connectivity index is 2.04. The van der Waals surface area contributed by atoms with Crippen molar-refractivity contribution in [3.8, 4) is 0 Å². The van der Waals surface area contributed by atoms with Crippen molar-refractivity contribution in [1.29, 1.82) is 0 Å². The Morgan fingerprint density at radius 1 is 1.39 bits per heavy atom. The van der Waals surface area contributed by atoms with E-state index in [-0.39, 0.29) is 0 Å². The second-order valence-electron chi connectivity index (χ2n) is 5.00. The molecular formula is C14H19Br2NO. The Hall–Kier alpha value is 0.1000. The predicted octanol–water partition coefficient (Wildman–Crippen LogP) is 4.29. The summed E-state index contributed by atoms with van der Waals surface area (Å²) in [5.41, 5.74) is 1.30. The van der Waals surface area contributed by atoms with Gasteiger partial charge in [-0.2, -0.15) is 0 Å². The van der Waals surface area contributed by atoms with Gasteiger partial charge in [-0.3, -0.25) is 0 Å². The van der Waals surface area contributed by atoms with Crippen LogP contribution < -0.4 is 5.32 Å². The van der Waals surface area contributed by atoms with Gasteiger partial charge in [0.1, 0.15) is 0 Å². The minimum atomic E-state index is 0.345. The van der Waals surface area contributed by atoms with Gasteiger partial charge in [-0.15, -0.1) is 0 Å². The first kappa shape index (κ1) is 14.5. The van der Waals surface area contributed by atoms with Crippen LogP contribution in [0.2, 0.25) is 0 Å². The van der Waals surface area contributed by atoms with Crippen molar-refractivity contribution in [2.75, 3.05) is 13.2 Å². The van der Waals surface area contributed by atoms with Crippen molar-refractivity contribution in [3.63, 3.8) is 0 Å². The van der Waals surface area contributed by atoms with E-state index in [0.29, 0.717) is 18.0 Å². The second kappa shape index (κ2) is 6.51. The van der Waals surface area contributed by atoms with Gasteiger partial charge in [0, 0.05) is 27.6 Å². The quantitative estimate of drug-likeness (QED) is 0.849. The third-order valence-corrected chi connectivity index (χ3v) is 4.71. The van der Waals surface area contributed by atoms with E-state index in [9.17, 15) is 0 Å². The van der Waals surface area contributed by atoms with Crippen LogP contribution in [0.3, 0.4) is 0 Å². The van der Waals surface area contributed by atoms with Crippen LogP contribution in [-0.4, -0.2) is 19.3 Å². The van der Waals surface area contributed by atoms with Crippen LogP contribution in [0.25, 0.3) is 0 Å². The first-order valence-corrected chi connectivity index (χ1v) is 7.95. The highest BCUT2D eigenvalue weighted by atomic mass is 79.9. The van der Waals surface area contributed by atoms with Crippen molar-refractivity contribution in [2.24, 2.45) is 5.92 Å². The normalized spacial score (nSPS) is 26.0. The Morgan fingerprint density at radius 3 is 2.83 bits per heavy atom. The van der Waals surface area contributed by atoms with E-state index in [4.69, 9.17) is 4.74 Å². The zero-order chi connectivity index (χ0) is 13.1. The van der Waals surface area contributed by atoms with E-state index in [1.807, 2.05) is 0 Å². The third-order valence-electron chi connectivity index (χ3n) is 3.53. The number of hydrogen-bond acceptors (Lipinski definition) is 2. The smallest absolute Gasteiger partial charge is 0.0506 e. The summed E-state index contributed by atoms with van der Waals surface area (Å²) in [7, 11) is 0. The molecule has 1 saturated heterocycles. The van der Waals surface area contributed by atoms with Gasteiger partial charge >= 0.3 is 0 Å². The highest BCUT2D eigenvalue weighted by Gasteiger charge is 2.23. The monoisotopic (exact) mass is 375 g/mol. The Kier molecular flexibility index (Phi) is 5.24. The summed E-state index contributed by atoms with van der Waals surface area (Å²) in [5, 5.41) is 3.72. The number of nitrogens with one attached hydrogen (secondary N) is 1. The number of rotatable bonds is 3. The van der Waals surface area contributed by atoms with Gasteiger partial charge in [0.05, 0.1) is 6.61 Å². The second-order valence-corrected chi connectivity index (χ2v) is 6.77. The van der Waals surface area contributed by atoms with E-state index < -0.39 is 0 Å². The maximum atomic E-state index is 5.48.